The summed E-state index contributed by atoms with van der Waals surface area (Å²) in [6.45, 7) is 4.68. The molecule has 0 unspecified atom stereocenters. The van der Waals surface area contributed by atoms with Crippen LogP contribution >= 0.6 is 11.6 Å². The van der Waals surface area contributed by atoms with Gasteiger partial charge in [0.05, 0.1) is 12.7 Å². The maximum Gasteiger partial charge on any atom is 0.124 e. The molecule has 1 saturated heterocycles. The van der Waals surface area contributed by atoms with Crippen LogP contribution in [0.4, 0.5) is 0 Å². The van der Waals surface area contributed by atoms with Crippen LogP contribution in [0.2, 0.25) is 5.02 Å². The molecule has 0 aromatic heterocycles. The Kier molecular flexibility index (Phi) is 6.70. The van der Waals surface area contributed by atoms with Gasteiger partial charge in [0.2, 0.25) is 0 Å². The fraction of sp³-hybridized carbons (Fsp3) is 0.400. The Balaban J connectivity index is 1.61. The smallest absolute Gasteiger partial charge is 0.124 e. The van der Waals surface area contributed by atoms with Gasteiger partial charge in [-0.2, -0.15) is 0 Å². The Morgan fingerprint density at radius 3 is 2.76 bits per heavy atom. The van der Waals surface area contributed by atoms with Gasteiger partial charge in [-0.15, -0.1) is 0 Å². The molecule has 0 saturated carbocycles. The number of hydrogen-bond donors (Lipinski definition) is 1. The lowest BCUT2D eigenvalue weighted by molar-refractivity contribution is -0.0337. The number of nitrogens with two attached hydrogens (primary N) is 1. The Morgan fingerprint density at radius 1 is 1.16 bits per heavy atom. The third kappa shape index (κ3) is 5.44. The molecule has 2 aromatic carbocycles. The van der Waals surface area contributed by atoms with Crippen LogP contribution in [-0.4, -0.2) is 37.2 Å². The van der Waals surface area contributed by atoms with Gasteiger partial charge in [-0.1, -0.05) is 41.9 Å². The lowest BCUT2D eigenvalue weighted by Gasteiger charge is -2.33. The summed E-state index contributed by atoms with van der Waals surface area (Å²) in [5.41, 5.74) is 7.96. The standard InChI is InChI=1S/C20H25ClN2O2/c21-18-7-5-16(6-8-18)15-25-20-4-2-1-3-17(20)13-23-11-12-24-19(14-23)9-10-22/h1-8,19H,9-15,22H2/t19-/m1/s1. The summed E-state index contributed by atoms with van der Waals surface area (Å²) in [7, 11) is 0. The number of nitrogens with zero attached hydrogens (tertiary/aromatic N) is 1. The number of morpholine rings is 1. The van der Waals surface area contributed by atoms with Crippen LogP contribution in [0.5, 0.6) is 5.75 Å². The Morgan fingerprint density at radius 2 is 1.96 bits per heavy atom. The SMILES string of the molecule is NCC[C@@H]1CN(Cc2ccccc2OCc2ccc(Cl)cc2)CCO1. The minimum atomic E-state index is 0.237. The molecule has 5 heteroatoms. The van der Waals surface area contributed by atoms with E-state index in [0.717, 1.165) is 49.0 Å². The van der Waals surface area contributed by atoms with Crippen LogP contribution in [0.3, 0.4) is 0 Å². The van der Waals surface area contributed by atoms with E-state index in [0.29, 0.717) is 13.2 Å². The number of rotatable bonds is 7. The van der Waals surface area contributed by atoms with Gasteiger partial charge < -0.3 is 15.2 Å². The molecule has 1 aliphatic heterocycles. The van der Waals surface area contributed by atoms with Crippen molar-refractivity contribution in [3.63, 3.8) is 0 Å². The highest BCUT2D eigenvalue weighted by Crippen LogP contribution is 2.23. The maximum absolute atomic E-state index is 6.06. The van der Waals surface area contributed by atoms with Crippen molar-refractivity contribution >= 4 is 11.6 Å². The molecule has 25 heavy (non-hydrogen) atoms. The molecule has 1 aliphatic rings. The fourth-order valence-corrected chi connectivity index (χ4v) is 3.17. The van der Waals surface area contributed by atoms with Crippen molar-refractivity contribution in [1.82, 2.24) is 4.90 Å². The quantitative estimate of drug-likeness (QED) is 0.821. The number of benzene rings is 2. The molecule has 0 aliphatic carbocycles. The zero-order valence-corrected chi connectivity index (χ0v) is 15.1. The molecular formula is C20H25ClN2O2. The molecule has 1 atom stereocenters. The molecule has 4 nitrogen and oxygen atoms in total. The summed E-state index contributed by atoms with van der Waals surface area (Å²) in [5, 5.41) is 0.739. The lowest BCUT2D eigenvalue weighted by Crippen LogP contribution is -2.42. The Hall–Kier alpha value is -1.59. The first-order chi connectivity index (χ1) is 12.2. The van der Waals surface area contributed by atoms with E-state index < -0.39 is 0 Å². The van der Waals surface area contributed by atoms with Gasteiger partial charge in [0.15, 0.2) is 0 Å². The largest absolute Gasteiger partial charge is 0.489 e. The number of hydrogen-bond acceptors (Lipinski definition) is 4. The minimum Gasteiger partial charge on any atom is -0.489 e. The first-order valence-corrected chi connectivity index (χ1v) is 9.11. The van der Waals surface area contributed by atoms with E-state index in [-0.39, 0.29) is 6.10 Å². The van der Waals surface area contributed by atoms with E-state index in [1.807, 2.05) is 36.4 Å². The third-order valence-electron chi connectivity index (χ3n) is 4.39. The highest BCUT2D eigenvalue weighted by atomic mass is 35.5. The molecule has 0 amide bonds. The van der Waals surface area contributed by atoms with Crippen molar-refractivity contribution in [1.29, 1.82) is 0 Å². The molecule has 2 N–H and O–H groups in total. The topological polar surface area (TPSA) is 47.7 Å². The second-order valence-corrected chi connectivity index (χ2v) is 6.76. The summed E-state index contributed by atoms with van der Waals surface area (Å²) in [6, 6.07) is 16.0. The van der Waals surface area contributed by atoms with Crippen LogP contribution in [0, 0.1) is 0 Å². The molecule has 134 valence electrons. The van der Waals surface area contributed by atoms with Gasteiger partial charge >= 0.3 is 0 Å². The van der Waals surface area contributed by atoms with Crippen molar-refractivity contribution in [2.75, 3.05) is 26.2 Å². The van der Waals surface area contributed by atoms with Gasteiger partial charge in [-0.3, -0.25) is 4.90 Å². The summed E-state index contributed by atoms with van der Waals surface area (Å²) >= 11 is 5.93. The normalized spacial score (nSPS) is 18.2. The lowest BCUT2D eigenvalue weighted by atomic mass is 10.1. The Labute approximate surface area is 154 Å². The van der Waals surface area contributed by atoms with Gasteiger partial charge in [-0.05, 0) is 36.7 Å². The second kappa shape index (κ2) is 9.20. The maximum atomic E-state index is 6.06. The van der Waals surface area contributed by atoms with E-state index >= 15 is 0 Å². The van der Waals surface area contributed by atoms with E-state index in [4.69, 9.17) is 26.8 Å². The van der Waals surface area contributed by atoms with E-state index in [1.54, 1.807) is 0 Å². The molecule has 1 heterocycles. The fourth-order valence-electron chi connectivity index (χ4n) is 3.04. The molecule has 2 aromatic rings. The van der Waals surface area contributed by atoms with Crippen LogP contribution in [0.25, 0.3) is 0 Å². The van der Waals surface area contributed by atoms with Crippen molar-refractivity contribution in [2.24, 2.45) is 5.73 Å². The molecule has 3 rings (SSSR count). The molecular weight excluding hydrogens is 336 g/mol. The zero-order valence-electron chi connectivity index (χ0n) is 14.4. The summed E-state index contributed by atoms with van der Waals surface area (Å²) in [6.07, 6.45) is 1.14. The van der Waals surface area contributed by atoms with Crippen LogP contribution in [0.15, 0.2) is 48.5 Å². The zero-order chi connectivity index (χ0) is 17.5. The average Bonchev–Trinajstić information content (AvgIpc) is 2.63. The number of ether oxygens (including phenoxy) is 2. The van der Waals surface area contributed by atoms with E-state index in [2.05, 4.69) is 17.0 Å². The second-order valence-electron chi connectivity index (χ2n) is 6.33. The van der Waals surface area contributed by atoms with E-state index in [1.165, 1.54) is 5.56 Å². The summed E-state index contributed by atoms with van der Waals surface area (Å²) < 4.78 is 11.8. The van der Waals surface area contributed by atoms with Crippen LogP contribution in [0.1, 0.15) is 17.5 Å². The molecule has 1 fully saturated rings. The number of para-hydroxylation sites is 1. The predicted octanol–water partition coefficient (Wildman–Crippen LogP) is 3.47. The van der Waals surface area contributed by atoms with E-state index in [9.17, 15) is 0 Å². The third-order valence-corrected chi connectivity index (χ3v) is 4.64. The molecule has 0 bridgehead atoms. The van der Waals surface area contributed by atoms with Gasteiger partial charge in [0.25, 0.3) is 0 Å². The van der Waals surface area contributed by atoms with Crippen LogP contribution < -0.4 is 10.5 Å². The van der Waals surface area contributed by atoms with Crippen molar-refractivity contribution in [3.05, 3.63) is 64.7 Å². The summed E-state index contributed by atoms with van der Waals surface area (Å²) in [5.74, 6) is 0.930. The van der Waals surface area contributed by atoms with Gasteiger partial charge in [0.1, 0.15) is 12.4 Å². The van der Waals surface area contributed by atoms with Gasteiger partial charge in [-0.25, -0.2) is 0 Å². The monoisotopic (exact) mass is 360 g/mol. The first-order valence-electron chi connectivity index (χ1n) is 8.74. The Bertz CT molecular complexity index is 661. The highest BCUT2D eigenvalue weighted by molar-refractivity contribution is 6.30. The molecule has 0 spiro atoms. The average molecular weight is 361 g/mol. The number of halogens is 1. The van der Waals surface area contributed by atoms with Gasteiger partial charge in [0, 0.05) is 30.2 Å². The van der Waals surface area contributed by atoms with Crippen LogP contribution in [-0.2, 0) is 17.9 Å². The van der Waals surface area contributed by atoms with Crippen molar-refractivity contribution in [2.45, 2.75) is 25.7 Å². The predicted molar refractivity (Wildman–Crippen MR) is 101 cm³/mol. The highest BCUT2D eigenvalue weighted by Gasteiger charge is 2.20. The first kappa shape index (κ1) is 18.2. The molecule has 0 radical (unpaired) electrons. The minimum absolute atomic E-state index is 0.237. The summed E-state index contributed by atoms with van der Waals surface area (Å²) in [4.78, 5) is 2.41. The van der Waals surface area contributed by atoms with Crippen molar-refractivity contribution in [3.8, 4) is 5.75 Å². The van der Waals surface area contributed by atoms with Crippen molar-refractivity contribution < 1.29 is 9.47 Å².